The Morgan fingerprint density at radius 1 is 1.22 bits per heavy atom. The van der Waals surface area contributed by atoms with Gasteiger partial charge in [-0.1, -0.05) is 18.6 Å². The lowest BCUT2D eigenvalue weighted by Crippen LogP contribution is -2.36. The maximum absolute atomic E-state index is 11.9. The average molecular weight is 319 g/mol. The third kappa shape index (κ3) is 6.28. The third-order valence-corrected chi connectivity index (χ3v) is 3.86. The molecule has 0 atom stereocenters. The van der Waals surface area contributed by atoms with Crippen LogP contribution in [0.5, 0.6) is 5.75 Å². The smallest absolute Gasteiger partial charge is 0.255 e. The number of nitrogens with zero attached hydrogens (tertiary/aromatic N) is 1. The summed E-state index contributed by atoms with van der Waals surface area (Å²) in [5, 5.41) is 3.35. The van der Waals surface area contributed by atoms with Gasteiger partial charge in [0.05, 0.1) is 0 Å². The molecule has 0 radical (unpaired) electrons. The summed E-state index contributed by atoms with van der Waals surface area (Å²) < 4.78 is 5.21. The van der Waals surface area contributed by atoms with Crippen molar-refractivity contribution in [2.75, 3.05) is 26.2 Å². The fourth-order valence-corrected chi connectivity index (χ4v) is 2.58. The number of amides is 2. The van der Waals surface area contributed by atoms with Gasteiger partial charge in [0.15, 0.2) is 6.61 Å². The first-order chi connectivity index (χ1) is 11.1. The zero-order valence-electron chi connectivity index (χ0n) is 13.4. The molecule has 1 aliphatic heterocycles. The lowest BCUT2D eigenvalue weighted by Gasteiger charge is -2.20. The van der Waals surface area contributed by atoms with Crippen LogP contribution in [0.1, 0.15) is 31.2 Å². The molecule has 1 aromatic carbocycles. The van der Waals surface area contributed by atoms with Crippen molar-refractivity contribution < 1.29 is 14.3 Å². The quantitative estimate of drug-likeness (QED) is 0.701. The number of nitrogens with two attached hydrogens (primary N) is 1. The number of likely N-dealkylation sites (tertiary alicyclic amines) is 1. The maximum atomic E-state index is 11.9. The van der Waals surface area contributed by atoms with Gasteiger partial charge in [0.1, 0.15) is 5.75 Å². The fraction of sp³-hybridized carbons (Fsp3) is 0.529. The summed E-state index contributed by atoms with van der Waals surface area (Å²) >= 11 is 0. The van der Waals surface area contributed by atoms with Gasteiger partial charge >= 0.3 is 0 Å². The maximum Gasteiger partial charge on any atom is 0.255 e. The van der Waals surface area contributed by atoms with Gasteiger partial charge in [-0.05, 0) is 30.5 Å². The summed E-state index contributed by atoms with van der Waals surface area (Å²) in [6, 6.07) is 7.53. The van der Waals surface area contributed by atoms with E-state index in [1.807, 2.05) is 29.2 Å². The zero-order valence-corrected chi connectivity index (χ0v) is 13.4. The Morgan fingerprint density at radius 2 is 2.00 bits per heavy atom. The molecule has 0 bridgehead atoms. The molecule has 0 spiro atoms. The standard InChI is InChI=1S/C17H25N3O3/c18-16(21)13-23-15-7-5-14(6-8-15)12-19-9-11-20-10-3-1-2-4-17(20)22/h5-8,19H,1-4,9-13H2,(H2,18,21). The minimum Gasteiger partial charge on any atom is -0.484 e. The molecule has 0 unspecified atom stereocenters. The number of carbonyl (C=O) groups is 2. The molecule has 1 aromatic rings. The van der Waals surface area contributed by atoms with Gasteiger partial charge in [-0.3, -0.25) is 9.59 Å². The normalized spacial score (nSPS) is 15.3. The Hall–Kier alpha value is -2.08. The molecule has 3 N–H and O–H groups in total. The molecule has 6 heteroatoms. The van der Waals surface area contributed by atoms with Crippen LogP contribution in [0.4, 0.5) is 0 Å². The lowest BCUT2D eigenvalue weighted by molar-refractivity contribution is -0.130. The minimum atomic E-state index is -0.487. The largest absolute Gasteiger partial charge is 0.484 e. The van der Waals surface area contributed by atoms with E-state index in [2.05, 4.69) is 5.32 Å². The van der Waals surface area contributed by atoms with Crippen molar-refractivity contribution in [1.29, 1.82) is 0 Å². The van der Waals surface area contributed by atoms with Gasteiger partial charge in [-0.2, -0.15) is 0 Å². The summed E-state index contributed by atoms with van der Waals surface area (Å²) in [5.41, 5.74) is 6.15. The summed E-state index contributed by atoms with van der Waals surface area (Å²) in [7, 11) is 0. The molecular weight excluding hydrogens is 294 g/mol. The van der Waals surface area contributed by atoms with Crippen LogP contribution >= 0.6 is 0 Å². The average Bonchev–Trinajstić information content (AvgIpc) is 2.75. The number of hydrogen-bond donors (Lipinski definition) is 2. The van der Waals surface area contributed by atoms with Crippen LogP contribution in [-0.2, 0) is 16.1 Å². The van der Waals surface area contributed by atoms with E-state index in [9.17, 15) is 9.59 Å². The van der Waals surface area contributed by atoms with E-state index < -0.39 is 5.91 Å². The Balaban J connectivity index is 1.67. The number of carbonyl (C=O) groups excluding carboxylic acids is 2. The number of benzene rings is 1. The van der Waals surface area contributed by atoms with Gasteiger partial charge < -0.3 is 20.7 Å². The third-order valence-electron chi connectivity index (χ3n) is 3.86. The van der Waals surface area contributed by atoms with Crippen LogP contribution in [-0.4, -0.2) is 43.0 Å². The molecule has 0 aromatic heterocycles. The van der Waals surface area contributed by atoms with E-state index in [0.717, 1.165) is 51.0 Å². The van der Waals surface area contributed by atoms with Crippen molar-refractivity contribution in [3.05, 3.63) is 29.8 Å². The minimum absolute atomic E-state index is 0.110. The number of hydrogen-bond acceptors (Lipinski definition) is 4. The van der Waals surface area contributed by atoms with Crippen LogP contribution in [0.25, 0.3) is 0 Å². The number of nitrogens with one attached hydrogen (secondary N) is 1. The monoisotopic (exact) mass is 319 g/mol. The number of ether oxygens (including phenoxy) is 1. The highest BCUT2D eigenvalue weighted by Gasteiger charge is 2.15. The fourth-order valence-electron chi connectivity index (χ4n) is 2.58. The molecule has 1 aliphatic rings. The van der Waals surface area contributed by atoms with Gasteiger partial charge in [-0.25, -0.2) is 0 Å². The highest BCUT2D eigenvalue weighted by atomic mass is 16.5. The molecule has 1 fully saturated rings. The summed E-state index contributed by atoms with van der Waals surface area (Å²) in [6.07, 6.45) is 3.97. The van der Waals surface area contributed by atoms with Crippen LogP contribution in [0.15, 0.2) is 24.3 Å². The molecule has 1 heterocycles. The second-order valence-electron chi connectivity index (χ2n) is 5.77. The highest BCUT2D eigenvalue weighted by molar-refractivity contribution is 5.76. The van der Waals surface area contributed by atoms with E-state index in [1.165, 1.54) is 0 Å². The molecule has 1 saturated heterocycles. The van der Waals surface area contributed by atoms with E-state index in [4.69, 9.17) is 10.5 Å². The van der Waals surface area contributed by atoms with Crippen LogP contribution in [0, 0.1) is 0 Å². The van der Waals surface area contributed by atoms with Gasteiger partial charge in [0.2, 0.25) is 5.91 Å². The highest BCUT2D eigenvalue weighted by Crippen LogP contribution is 2.12. The molecule has 2 rings (SSSR count). The molecular formula is C17H25N3O3. The number of rotatable bonds is 8. The second-order valence-corrected chi connectivity index (χ2v) is 5.77. The first-order valence-electron chi connectivity index (χ1n) is 8.13. The first-order valence-corrected chi connectivity index (χ1v) is 8.13. The molecule has 126 valence electrons. The summed E-state index contributed by atoms with van der Waals surface area (Å²) in [5.74, 6) is 0.418. The Bertz CT molecular complexity index is 516. The topological polar surface area (TPSA) is 84.7 Å². The van der Waals surface area contributed by atoms with Crippen LogP contribution in [0.2, 0.25) is 0 Å². The predicted octanol–water partition coefficient (Wildman–Crippen LogP) is 1.04. The van der Waals surface area contributed by atoms with Crippen LogP contribution < -0.4 is 15.8 Å². The van der Waals surface area contributed by atoms with E-state index in [-0.39, 0.29) is 12.5 Å². The molecule has 0 aliphatic carbocycles. The van der Waals surface area contributed by atoms with Crippen molar-refractivity contribution in [2.45, 2.75) is 32.2 Å². The van der Waals surface area contributed by atoms with Crippen molar-refractivity contribution in [2.24, 2.45) is 5.73 Å². The summed E-state index contributed by atoms with van der Waals surface area (Å²) in [4.78, 5) is 24.5. The van der Waals surface area contributed by atoms with E-state index in [1.54, 1.807) is 0 Å². The van der Waals surface area contributed by atoms with Crippen molar-refractivity contribution in [3.8, 4) is 5.75 Å². The SMILES string of the molecule is NC(=O)COc1ccc(CNCCN2CCCCCC2=O)cc1. The van der Waals surface area contributed by atoms with Gasteiger partial charge in [-0.15, -0.1) is 0 Å². The van der Waals surface area contributed by atoms with Crippen molar-refractivity contribution in [3.63, 3.8) is 0 Å². The van der Waals surface area contributed by atoms with Crippen molar-refractivity contribution >= 4 is 11.8 Å². The number of primary amides is 1. The second kappa shape index (κ2) is 9.15. The predicted molar refractivity (Wildman–Crippen MR) is 87.9 cm³/mol. The van der Waals surface area contributed by atoms with E-state index in [0.29, 0.717) is 12.2 Å². The van der Waals surface area contributed by atoms with E-state index >= 15 is 0 Å². The van der Waals surface area contributed by atoms with Gasteiger partial charge in [0.25, 0.3) is 5.91 Å². The lowest BCUT2D eigenvalue weighted by atomic mass is 10.2. The molecule has 6 nitrogen and oxygen atoms in total. The first kappa shape index (κ1) is 17.3. The summed E-state index contributed by atoms with van der Waals surface area (Å²) in [6.45, 7) is 3.05. The Kier molecular flexibility index (Phi) is 6.87. The molecule has 23 heavy (non-hydrogen) atoms. The Morgan fingerprint density at radius 3 is 2.74 bits per heavy atom. The zero-order chi connectivity index (χ0) is 16.5. The van der Waals surface area contributed by atoms with Crippen LogP contribution in [0.3, 0.4) is 0 Å². The Labute approximate surface area is 137 Å². The van der Waals surface area contributed by atoms with Crippen molar-refractivity contribution in [1.82, 2.24) is 10.2 Å². The molecule has 2 amide bonds. The van der Waals surface area contributed by atoms with Gasteiger partial charge in [0, 0.05) is 32.6 Å². The molecule has 0 saturated carbocycles.